The van der Waals surface area contributed by atoms with Crippen molar-refractivity contribution in [2.75, 3.05) is 18.6 Å². The number of rotatable bonds is 7. The van der Waals surface area contributed by atoms with E-state index in [-0.39, 0.29) is 5.82 Å². The molecule has 4 rings (SSSR count). The van der Waals surface area contributed by atoms with E-state index in [9.17, 15) is 9.18 Å². The van der Waals surface area contributed by atoms with Gasteiger partial charge in [-0.1, -0.05) is 51.4 Å². The quantitative estimate of drug-likeness (QED) is 0.297. The molecule has 0 aliphatic carbocycles. The average Bonchev–Trinajstić information content (AvgIpc) is 3.24. The summed E-state index contributed by atoms with van der Waals surface area (Å²) < 4.78 is 21.7. The number of carboxylic acids is 1. The van der Waals surface area contributed by atoms with Gasteiger partial charge in [0, 0.05) is 35.1 Å². The van der Waals surface area contributed by atoms with E-state index in [2.05, 4.69) is 32.7 Å². The highest BCUT2D eigenvalue weighted by Gasteiger charge is 2.15. The van der Waals surface area contributed by atoms with Crippen molar-refractivity contribution in [1.82, 2.24) is 4.98 Å². The van der Waals surface area contributed by atoms with Crippen LogP contribution in [0.2, 0.25) is 0 Å². The molecule has 0 radical (unpaired) electrons. The summed E-state index contributed by atoms with van der Waals surface area (Å²) in [6, 6.07) is 18.3. The number of hydrogen-bond acceptors (Lipinski definition) is 5. The van der Waals surface area contributed by atoms with E-state index in [1.807, 2.05) is 30.3 Å². The minimum absolute atomic E-state index is 0.297. The molecule has 0 saturated carbocycles. The van der Waals surface area contributed by atoms with Gasteiger partial charge >= 0.3 is 5.97 Å². The Labute approximate surface area is 209 Å². The van der Waals surface area contributed by atoms with Crippen molar-refractivity contribution in [3.05, 3.63) is 87.6 Å². The van der Waals surface area contributed by atoms with Crippen LogP contribution in [-0.4, -0.2) is 29.7 Å². The van der Waals surface area contributed by atoms with Crippen LogP contribution in [-0.2, 0) is 17.8 Å². The molecule has 1 heterocycles. The van der Waals surface area contributed by atoms with Crippen molar-refractivity contribution in [3.63, 3.8) is 0 Å². The number of aromatic nitrogens is 1. The van der Waals surface area contributed by atoms with E-state index in [1.165, 1.54) is 13.2 Å². The third-order valence-electron chi connectivity index (χ3n) is 5.16. The van der Waals surface area contributed by atoms with Gasteiger partial charge in [0.15, 0.2) is 5.13 Å². The molecule has 0 bridgehead atoms. The number of methoxy groups -OCH3 is 1. The van der Waals surface area contributed by atoms with Gasteiger partial charge in [-0.05, 0) is 53.9 Å². The third kappa shape index (κ3) is 5.93. The summed E-state index contributed by atoms with van der Waals surface area (Å²) in [5, 5.41) is 9.57. The fraction of sp³-hybridized carbons (Fsp3) is 0.154. The normalized spacial score (nSPS) is 10.6. The Hall–Kier alpha value is -3.41. The number of carboxylic acid groups (broad SMARTS) is 1. The van der Waals surface area contributed by atoms with Crippen LogP contribution in [0.4, 0.5) is 9.52 Å². The Morgan fingerprint density at radius 3 is 2.68 bits per heavy atom. The fourth-order valence-electron chi connectivity index (χ4n) is 3.42. The molecule has 0 amide bonds. The van der Waals surface area contributed by atoms with Gasteiger partial charge in [0.2, 0.25) is 0 Å². The zero-order chi connectivity index (χ0) is 24.1. The number of benzene rings is 3. The number of carbonyl (C=O) groups is 1. The highest BCUT2D eigenvalue weighted by atomic mass is 79.9. The number of anilines is 1. The van der Waals surface area contributed by atoms with E-state index in [4.69, 9.17) is 14.8 Å². The van der Waals surface area contributed by atoms with Gasteiger partial charge < -0.3 is 14.7 Å². The Bertz CT molecular complexity index is 1390. The number of nitrogens with zero attached hydrogens (tertiary/aromatic N) is 2. The lowest BCUT2D eigenvalue weighted by Gasteiger charge is -2.22. The Morgan fingerprint density at radius 1 is 1.18 bits per heavy atom. The van der Waals surface area contributed by atoms with Crippen LogP contribution in [0.15, 0.2) is 65.1 Å². The Kier molecular flexibility index (Phi) is 7.46. The average molecular weight is 539 g/mol. The standard InChI is InChI=1S/C26H20BrFN2O3S/c1-33-21-9-7-19(22(28)15-21)12-13-30(26-29-23-14-20(27)8-10-24(23)34-26)16-18-4-2-17(3-5-18)6-11-25(31)32/h2-5,7-10,14-15H,12-13,16H2,1H3,(H,31,32). The maximum absolute atomic E-state index is 14.5. The molecular formula is C26H20BrFN2O3S. The molecule has 4 aromatic rings. The van der Waals surface area contributed by atoms with Crippen molar-refractivity contribution in [2.24, 2.45) is 0 Å². The van der Waals surface area contributed by atoms with Gasteiger partial charge in [0.05, 0.1) is 17.3 Å². The number of thiazole rings is 1. The molecule has 0 aliphatic heterocycles. The van der Waals surface area contributed by atoms with Crippen molar-refractivity contribution in [1.29, 1.82) is 0 Å². The molecule has 0 unspecified atom stereocenters. The van der Waals surface area contributed by atoms with E-state index in [1.54, 1.807) is 35.6 Å². The molecule has 1 aromatic heterocycles. The molecule has 0 atom stereocenters. The Morgan fingerprint density at radius 2 is 1.97 bits per heavy atom. The lowest BCUT2D eigenvalue weighted by molar-refractivity contribution is -0.130. The predicted molar refractivity (Wildman–Crippen MR) is 136 cm³/mol. The second kappa shape index (κ2) is 10.7. The minimum Gasteiger partial charge on any atom is -0.497 e. The van der Waals surface area contributed by atoms with E-state index >= 15 is 0 Å². The molecule has 5 nitrogen and oxygen atoms in total. The van der Waals surface area contributed by atoms with Gasteiger partial charge in [0.1, 0.15) is 11.6 Å². The number of halogens is 2. The molecular weight excluding hydrogens is 519 g/mol. The maximum atomic E-state index is 14.5. The van der Waals surface area contributed by atoms with Crippen LogP contribution in [0.25, 0.3) is 10.2 Å². The second-order valence-corrected chi connectivity index (χ2v) is 9.41. The van der Waals surface area contributed by atoms with E-state index in [0.717, 1.165) is 25.4 Å². The predicted octanol–water partition coefficient (Wildman–Crippen LogP) is 5.89. The van der Waals surface area contributed by atoms with E-state index in [0.29, 0.717) is 36.4 Å². The van der Waals surface area contributed by atoms with Crippen molar-refractivity contribution in [2.45, 2.75) is 13.0 Å². The topological polar surface area (TPSA) is 62.7 Å². The summed E-state index contributed by atoms with van der Waals surface area (Å²) in [6.07, 6.45) is 0.498. The molecule has 1 N–H and O–H groups in total. The van der Waals surface area contributed by atoms with Gasteiger partial charge in [-0.2, -0.15) is 0 Å². The zero-order valence-electron chi connectivity index (χ0n) is 18.2. The van der Waals surface area contributed by atoms with Crippen LogP contribution in [0, 0.1) is 17.7 Å². The lowest BCUT2D eigenvalue weighted by atomic mass is 10.1. The van der Waals surface area contributed by atoms with Crippen LogP contribution >= 0.6 is 27.3 Å². The summed E-state index contributed by atoms with van der Waals surface area (Å²) >= 11 is 5.08. The highest BCUT2D eigenvalue weighted by Crippen LogP contribution is 2.32. The summed E-state index contributed by atoms with van der Waals surface area (Å²) in [6.45, 7) is 1.12. The van der Waals surface area contributed by atoms with E-state index < -0.39 is 5.97 Å². The SMILES string of the molecule is COc1ccc(CCN(Cc2ccc(C#CC(=O)O)cc2)c2nc3cc(Br)ccc3s2)c(F)c1. The smallest absolute Gasteiger partial charge is 0.382 e. The van der Waals surface area contributed by atoms with Crippen LogP contribution in [0.1, 0.15) is 16.7 Å². The van der Waals surface area contributed by atoms with Crippen LogP contribution in [0.3, 0.4) is 0 Å². The largest absolute Gasteiger partial charge is 0.497 e. The third-order valence-corrected chi connectivity index (χ3v) is 6.75. The summed E-state index contributed by atoms with van der Waals surface area (Å²) in [5.41, 5.74) is 3.14. The number of fused-ring (bicyclic) bond motifs is 1. The Balaban J connectivity index is 1.59. The summed E-state index contributed by atoms with van der Waals surface area (Å²) in [7, 11) is 1.51. The van der Waals surface area contributed by atoms with Gasteiger partial charge in [-0.3, -0.25) is 0 Å². The first-order valence-corrected chi connectivity index (χ1v) is 12.0. The second-order valence-electron chi connectivity index (χ2n) is 7.49. The summed E-state index contributed by atoms with van der Waals surface area (Å²) in [4.78, 5) is 17.6. The fourth-order valence-corrected chi connectivity index (χ4v) is 4.74. The van der Waals surface area contributed by atoms with Gasteiger partial charge in [0.25, 0.3) is 0 Å². The number of ether oxygens (including phenoxy) is 1. The monoisotopic (exact) mass is 538 g/mol. The first-order chi connectivity index (χ1) is 16.4. The van der Waals surface area contributed by atoms with Crippen molar-refractivity contribution in [3.8, 4) is 17.6 Å². The molecule has 0 aliphatic rings. The molecule has 172 valence electrons. The van der Waals surface area contributed by atoms with Crippen molar-refractivity contribution < 1.29 is 19.0 Å². The highest BCUT2D eigenvalue weighted by molar-refractivity contribution is 9.10. The molecule has 3 aromatic carbocycles. The van der Waals surface area contributed by atoms with Crippen molar-refractivity contribution >= 4 is 48.6 Å². The van der Waals surface area contributed by atoms with Crippen LogP contribution in [0.5, 0.6) is 5.75 Å². The first-order valence-electron chi connectivity index (χ1n) is 10.4. The van der Waals surface area contributed by atoms with Gasteiger partial charge in [-0.15, -0.1) is 0 Å². The van der Waals surface area contributed by atoms with Gasteiger partial charge in [-0.25, -0.2) is 14.2 Å². The molecule has 0 fully saturated rings. The number of hydrogen-bond donors (Lipinski definition) is 1. The zero-order valence-corrected chi connectivity index (χ0v) is 20.6. The number of aliphatic carboxylic acids is 1. The van der Waals surface area contributed by atoms with Crippen LogP contribution < -0.4 is 9.64 Å². The molecule has 34 heavy (non-hydrogen) atoms. The minimum atomic E-state index is -1.16. The molecule has 8 heteroatoms. The summed E-state index contributed by atoms with van der Waals surface area (Å²) in [5.74, 6) is 3.76. The first kappa shape index (κ1) is 23.7. The molecule has 0 spiro atoms. The lowest BCUT2D eigenvalue weighted by Crippen LogP contribution is -2.25. The molecule has 0 saturated heterocycles. The maximum Gasteiger partial charge on any atom is 0.382 e.